The van der Waals surface area contributed by atoms with Crippen LogP contribution in [0.5, 0.6) is 0 Å². The maximum Gasteiger partial charge on any atom is 0.460 e. The average molecular weight is 529 g/mol. The van der Waals surface area contributed by atoms with Crippen LogP contribution in [0.3, 0.4) is 0 Å². The van der Waals surface area contributed by atoms with Gasteiger partial charge in [0.15, 0.2) is 21.5 Å². The van der Waals surface area contributed by atoms with Gasteiger partial charge in [-0.3, -0.25) is 4.98 Å². The first-order valence-electron chi connectivity index (χ1n) is 9.54. The van der Waals surface area contributed by atoms with Crippen molar-refractivity contribution in [2.24, 2.45) is 7.05 Å². The van der Waals surface area contributed by atoms with Crippen LogP contribution >= 0.6 is 0 Å². The molecule has 0 unspecified atom stereocenters. The van der Waals surface area contributed by atoms with E-state index in [9.17, 15) is 43.5 Å². The molecule has 0 amide bonds. The number of alkyl halides is 8. The third-order valence-corrected chi connectivity index (χ3v) is 6.72. The molecule has 1 atom stereocenters. The molecule has 3 rings (SSSR count). The summed E-state index contributed by atoms with van der Waals surface area (Å²) in [5, 5.41) is 0. The standard InChI is InChI=1S/C19H15F8N5O2S/c1-3-35(33,34)12-7-10(15-28-5-4-6-29-15)8-30-13(12)16-31-9-11(32(16)2)14(20)17(21,22)18(23,24)19(25,26)27/h4-9,14H,3H2,1-2H3/t14-/m0/s1. The van der Waals surface area contributed by atoms with Crippen molar-refractivity contribution in [3.05, 3.63) is 42.6 Å². The fourth-order valence-corrected chi connectivity index (χ4v) is 4.04. The van der Waals surface area contributed by atoms with E-state index in [0.29, 0.717) is 10.8 Å². The van der Waals surface area contributed by atoms with E-state index in [-0.39, 0.29) is 11.4 Å². The molecule has 7 nitrogen and oxygen atoms in total. The van der Waals surface area contributed by atoms with Crippen LogP contribution in [0.1, 0.15) is 18.8 Å². The monoisotopic (exact) mass is 529 g/mol. The first-order chi connectivity index (χ1) is 16.1. The Labute approximate surface area is 192 Å². The molecule has 0 radical (unpaired) electrons. The molecule has 190 valence electrons. The maximum atomic E-state index is 14.5. The minimum Gasteiger partial charge on any atom is -0.327 e. The highest BCUT2D eigenvalue weighted by molar-refractivity contribution is 7.91. The van der Waals surface area contributed by atoms with E-state index in [4.69, 9.17) is 0 Å². The Morgan fingerprint density at radius 2 is 1.57 bits per heavy atom. The number of halogens is 8. The highest BCUT2D eigenvalue weighted by Gasteiger charge is 2.76. The first-order valence-corrected chi connectivity index (χ1v) is 11.2. The third kappa shape index (κ3) is 4.46. The van der Waals surface area contributed by atoms with Gasteiger partial charge in [-0.25, -0.2) is 27.8 Å². The summed E-state index contributed by atoms with van der Waals surface area (Å²) >= 11 is 0. The van der Waals surface area contributed by atoms with Crippen molar-refractivity contribution < 1.29 is 43.5 Å². The van der Waals surface area contributed by atoms with Gasteiger partial charge in [0.25, 0.3) is 0 Å². The summed E-state index contributed by atoms with van der Waals surface area (Å²) in [5.41, 5.74) is -1.69. The molecule has 0 spiro atoms. The lowest BCUT2D eigenvalue weighted by Crippen LogP contribution is -2.54. The number of rotatable bonds is 7. The second-order valence-corrected chi connectivity index (χ2v) is 9.42. The lowest BCUT2D eigenvalue weighted by molar-refractivity contribution is -0.367. The molecule has 0 saturated heterocycles. The topological polar surface area (TPSA) is 90.6 Å². The summed E-state index contributed by atoms with van der Waals surface area (Å²) in [6, 6.07) is 2.60. The normalized spacial score (nSPS) is 14.2. The summed E-state index contributed by atoms with van der Waals surface area (Å²) < 4.78 is 132. The average Bonchev–Trinajstić information content (AvgIpc) is 3.18. The van der Waals surface area contributed by atoms with Crippen molar-refractivity contribution >= 4 is 9.84 Å². The van der Waals surface area contributed by atoms with Crippen LogP contribution < -0.4 is 0 Å². The van der Waals surface area contributed by atoms with E-state index in [1.54, 1.807) is 0 Å². The summed E-state index contributed by atoms with van der Waals surface area (Å²) in [4.78, 5) is 14.9. The highest BCUT2D eigenvalue weighted by Crippen LogP contribution is 2.53. The van der Waals surface area contributed by atoms with Crippen molar-refractivity contribution in [2.75, 3.05) is 5.75 Å². The van der Waals surface area contributed by atoms with Gasteiger partial charge in [0.2, 0.25) is 6.17 Å². The van der Waals surface area contributed by atoms with Crippen molar-refractivity contribution in [1.29, 1.82) is 0 Å². The molecular formula is C19H15F8N5O2S. The Kier molecular flexibility index (Phi) is 6.65. The van der Waals surface area contributed by atoms with Gasteiger partial charge in [0.1, 0.15) is 5.69 Å². The second-order valence-electron chi connectivity index (χ2n) is 7.17. The van der Waals surface area contributed by atoms with Gasteiger partial charge >= 0.3 is 18.0 Å². The number of imidazole rings is 1. The van der Waals surface area contributed by atoms with Crippen LogP contribution in [-0.2, 0) is 16.9 Å². The van der Waals surface area contributed by atoms with Gasteiger partial charge in [-0.1, -0.05) is 6.92 Å². The Bertz CT molecular complexity index is 1330. The Morgan fingerprint density at radius 1 is 0.971 bits per heavy atom. The molecule has 0 aliphatic heterocycles. The largest absolute Gasteiger partial charge is 0.460 e. The molecule has 35 heavy (non-hydrogen) atoms. The Balaban J connectivity index is 2.15. The van der Waals surface area contributed by atoms with Gasteiger partial charge in [0.05, 0.1) is 22.5 Å². The lowest BCUT2D eigenvalue weighted by Gasteiger charge is -2.30. The summed E-state index contributed by atoms with van der Waals surface area (Å²) in [5.74, 6) is -13.8. The molecule has 0 bridgehead atoms. The number of hydrogen-bond acceptors (Lipinski definition) is 6. The van der Waals surface area contributed by atoms with Gasteiger partial charge in [0, 0.05) is 31.2 Å². The molecule has 0 saturated carbocycles. The molecule has 3 heterocycles. The van der Waals surface area contributed by atoms with Crippen LogP contribution in [0.25, 0.3) is 22.9 Å². The molecular weight excluding hydrogens is 514 g/mol. The van der Waals surface area contributed by atoms with Gasteiger partial charge in [-0.2, -0.15) is 30.7 Å². The van der Waals surface area contributed by atoms with Crippen molar-refractivity contribution in [3.8, 4) is 22.9 Å². The van der Waals surface area contributed by atoms with Gasteiger partial charge < -0.3 is 4.57 Å². The minimum atomic E-state index is -6.73. The Hall–Kier alpha value is -3.17. The summed E-state index contributed by atoms with van der Waals surface area (Å²) in [6.07, 6.45) is -6.73. The smallest absolute Gasteiger partial charge is 0.327 e. The van der Waals surface area contributed by atoms with Crippen LogP contribution in [0, 0.1) is 0 Å². The van der Waals surface area contributed by atoms with Crippen LogP contribution in [0.15, 0.2) is 41.8 Å². The zero-order valence-corrected chi connectivity index (χ0v) is 18.5. The van der Waals surface area contributed by atoms with Crippen molar-refractivity contribution in [2.45, 2.75) is 36.0 Å². The van der Waals surface area contributed by atoms with E-state index < -0.39 is 61.9 Å². The molecule has 0 N–H and O–H groups in total. The van der Waals surface area contributed by atoms with Crippen LogP contribution in [-0.4, -0.2) is 56.7 Å². The number of pyridine rings is 1. The quantitative estimate of drug-likeness (QED) is 0.417. The number of aromatic nitrogens is 5. The molecule has 0 aromatic carbocycles. The first kappa shape index (κ1) is 26.4. The summed E-state index contributed by atoms with van der Waals surface area (Å²) in [7, 11) is -3.25. The van der Waals surface area contributed by atoms with E-state index in [1.807, 2.05) is 0 Å². The number of sulfone groups is 1. The zero-order valence-electron chi connectivity index (χ0n) is 17.7. The van der Waals surface area contributed by atoms with E-state index >= 15 is 0 Å². The highest BCUT2D eigenvalue weighted by atomic mass is 32.2. The third-order valence-electron chi connectivity index (χ3n) is 4.98. The lowest BCUT2D eigenvalue weighted by atomic mass is 10.0. The zero-order chi connectivity index (χ0) is 26.4. The maximum absolute atomic E-state index is 14.5. The number of nitrogens with zero attached hydrogens (tertiary/aromatic N) is 5. The second kappa shape index (κ2) is 8.80. The SMILES string of the molecule is CCS(=O)(=O)c1cc(-c2ncccn2)cnc1-c1ncc([C@H](F)C(F)(F)C(F)(F)C(F)(F)F)n1C. The van der Waals surface area contributed by atoms with E-state index in [0.717, 1.165) is 19.3 Å². The fourth-order valence-electron chi connectivity index (χ4n) is 2.99. The van der Waals surface area contributed by atoms with E-state index in [1.165, 1.54) is 25.4 Å². The number of hydrogen-bond donors (Lipinski definition) is 0. The van der Waals surface area contributed by atoms with Crippen LogP contribution in [0.4, 0.5) is 35.1 Å². The predicted octanol–water partition coefficient (Wildman–Crippen LogP) is 4.58. The van der Waals surface area contributed by atoms with E-state index in [2.05, 4.69) is 19.9 Å². The molecule has 3 aromatic rings. The van der Waals surface area contributed by atoms with Crippen molar-refractivity contribution in [3.63, 3.8) is 0 Å². The van der Waals surface area contributed by atoms with Crippen molar-refractivity contribution in [1.82, 2.24) is 24.5 Å². The summed E-state index contributed by atoms with van der Waals surface area (Å²) in [6.45, 7) is 1.28. The fraction of sp³-hybridized carbons (Fsp3) is 0.368. The Morgan fingerprint density at radius 3 is 2.11 bits per heavy atom. The van der Waals surface area contributed by atoms with Gasteiger partial charge in [-0.15, -0.1) is 0 Å². The molecule has 16 heteroatoms. The molecule has 3 aromatic heterocycles. The molecule has 0 fully saturated rings. The van der Waals surface area contributed by atoms with Gasteiger partial charge in [-0.05, 0) is 12.1 Å². The molecule has 0 aliphatic carbocycles. The predicted molar refractivity (Wildman–Crippen MR) is 105 cm³/mol. The minimum absolute atomic E-state index is 0.0810. The van der Waals surface area contributed by atoms with Crippen LogP contribution in [0.2, 0.25) is 0 Å². The molecule has 0 aliphatic rings.